The Morgan fingerprint density at radius 1 is 1.03 bits per heavy atom. The largest absolute Gasteiger partial charge is 0.350 e. The molecule has 0 saturated heterocycles. The molecule has 6 heteroatoms. The molecule has 0 aliphatic rings. The molecule has 0 saturated carbocycles. The first-order valence-electron chi connectivity index (χ1n) is 9.96. The lowest BCUT2D eigenvalue weighted by Crippen LogP contribution is -2.35. The van der Waals surface area contributed by atoms with E-state index in [9.17, 15) is 13.6 Å². The van der Waals surface area contributed by atoms with Gasteiger partial charge in [0, 0.05) is 30.3 Å². The highest BCUT2D eigenvalue weighted by Crippen LogP contribution is 2.24. The molecule has 158 valence electrons. The molecule has 0 aliphatic heterocycles. The molecule has 0 radical (unpaired) electrons. The van der Waals surface area contributed by atoms with Gasteiger partial charge < -0.3 is 10.2 Å². The Kier molecular flexibility index (Phi) is 8.29. The Bertz CT molecular complexity index is 786. The van der Waals surface area contributed by atoms with E-state index in [2.05, 4.69) is 31.0 Å². The highest BCUT2D eigenvalue weighted by molar-refractivity contribution is 5.94. The molecule has 2 rings (SSSR count). The van der Waals surface area contributed by atoms with E-state index in [0.717, 1.165) is 18.7 Å². The number of amides is 1. The van der Waals surface area contributed by atoms with Crippen LogP contribution in [0.2, 0.25) is 0 Å². The topological polar surface area (TPSA) is 35.6 Å². The van der Waals surface area contributed by atoms with Crippen LogP contribution >= 0.6 is 0 Å². The van der Waals surface area contributed by atoms with Crippen LogP contribution in [0.1, 0.15) is 48.3 Å². The number of halogens is 2. The summed E-state index contributed by atoms with van der Waals surface area (Å²) in [5.74, 6) is -1.50. The average molecular weight is 404 g/mol. The van der Waals surface area contributed by atoms with E-state index in [1.165, 1.54) is 18.2 Å². The Labute approximate surface area is 172 Å². The van der Waals surface area contributed by atoms with Gasteiger partial charge in [-0.25, -0.2) is 8.78 Å². The van der Waals surface area contributed by atoms with Crippen LogP contribution in [0.3, 0.4) is 0 Å². The van der Waals surface area contributed by atoms with Gasteiger partial charge in [-0.2, -0.15) is 0 Å². The van der Waals surface area contributed by atoms with Crippen molar-refractivity contribution in [3.8, 4) is 0 Å². The van der Waals surface area contributed by atoms with Crippen LogP contribution in [0, 0.1) is 11.6 Å². The summed E-state index contributed by atoms with van der Waals surface area (Å²) in [5, 5.41) is 2.80. The molecule has 1 amide bonds. The molecule has 1 atom stereocenters. The van der Waals surface area contributed by atoms with Crippen LogP contribution in [0.4, 0.5) is 8.78 Å². The van der Waals surface area contributed by atoms with Crippen molar-refractivity contribution in [2.24, 2.45) is 0 Å². The molecule has 2 aromatic rings. The van der Waals surface area contributed by atoms with E-state index in [4.69, 9.17) is 0 Å². The fraction of sp³-hybridized carbons (Fsp3) is 0.435. The van der Waals surface area contributed by atoms with E-state index >= 15 is 0 Å². The number of nitrogens with zero attached hydrogens (tertiary/aromatic N) is 2. The van der Waals surface area contributed by atoms with Crippen molar-refractivity contribution in [2.45, 2.75) is 39.4 Å². The monoisotopic (exact) mass is 403 g/mol. The van der Waals surface area contributed by atoms with Gasteiger partial charge in [0.15, 0.2) is 0 Å². The minimum absolute atomic E-state index is 0.0403. The third-order valence-electron chi connectivity index (χ3n) is 5.15. The Morgan fingerprint density at radius 3 is 2.10 bits per heavy atom. The third-order valence-corrected chi connectivity index (χ3v) is 5.15. The lowest BCUT2D eigenvalue weighted by Gasteiger charge is -2.26. The zero-order valence-electron chi connectivity index (χ0n) is 17.9. The number of nitrogens with one attached hydrogen (secondary N) is 1. The van der Waals surface area contributed by atoms with Crippen LogP contribution in [-0.4, -0.2) is 48.9 Å². The van der Waals surface area contributed by atoms with Crippen LogP contribution < -0.4 is 5.32 Å². The average Bonchev–Trinajstić information content (AvgIpc) is 2.68. The fourth-order valence-corrected chi connectivity index (χ4v) is 3.32. The summed E-state index contributed by atoms with van der Waals surface area (Å²) in [6.45, 7) is 8.32. The van der Waals surface area contributed by atoms with Crippen molar-refractivity contribution in [3.05, 3.63) is 70.8 Å². The summed E-state index contributed by atoms with van der Waals surface area (Å²) in [5.41, 5.74) is 1.62. The Morgan fingerprint density at radius 2 is 1.62 bits per heavy atom. The minimum Gasteiger partial charge on any atom is -0.350 e. The predicted molar refractivity (Wildman–Crippen MR) is 113 cm³/mol. The van der Waals surface area contributed by atoms with E-state index in [0.29, 0.717) is 11.6 Å². The van der Waals surface area contributed by atoms with Gasteiger partial charge in [-0.05, 0) is 64.3 Å². The number of carbonyl (C=O) groups is 1. The zero-order valence-corrected chi connectivity index (χ0v) is 17.9. The highest BCUT2D eigenvalue weighted by atomic mass is 19.1. The summed E-state index contributed by atoms with van der Waals surface area (Å²) >= 11 is 0. The lowest BCUT2D eigenvalue weighted by molar-refractivity contribution is 0.0940. The first kappa shape index (κ1) is 23.0. The molecule has 2 aromatic carbocycles. The SMILES string of the molecule is CCN(Cc1ccc(C(=O)NCC(c2c(F)cccc2F)N(C)C)cc1)C(C)C. The van der Waals surface area contributed by atoms with Gasteiger partial charge in [0.05, 0.1) is 6.04 Å². The maximum absolute atomic E-state index is 14.2. The van der Waals surface area contributed by atoms with E-state index in [-0.39, 0.29) is 18.0 Å². The summed E-state index contributed by atoms with van der Waals surface area (Å²) in [6.07, 6.45) is 0. The number of likely N-dealkylation sites (N-methyl/N-ethyl adjacent to an activating group) is 1. The lowest BCUT2D eigenvalue weighted by atomic mass is 10.0. The molecular formula is C23H31F2N3O. The minimum atomic E-state index is -0.618. The molecule has 0 fully saturated rings. The Balaban J connectivity index is 2.05. The first-order valence-corrected chi connectivity index (χ1v) is 9.96. The quantitative estimate of drug-likeness (QED) is 0.681. The van der Waals surface area contributed by atoms with Crippen LogP contribution in [0.25, 0.3) is 0 Å². The molecule has 0 aromatic heterocycles. The highest BCUT2D eigenvalue weighted by Gasteiger charge is 2.23. The van der Waals surface area contributed by atoms with E-state index < -0.39 is 17.7 Å². The molecule has 29 heavy (non-hydrogen) atoms. The van der Waals surface area contributed by atoms with Crippen molar-refractivity contribution in [1.29, 1.82) is 0 Å². The number of rotatable bonds is 9. The number of hydrogen-bond acceptors (Lipinski definition) is 3. The van der Waals surface area contributed by atoms with Gasteiger partial charge in [-0.1, -0.05) is 25.1 Å². The van der Waals surface area contributed by atoms with Gasteiger partial charge in [0.25, 0.3) is 5.91 Å². The third kappa shape index (κ3) is 6.08. The predicted octanol–water partition coefficient (Wildman–Crippen LogP) is 4.23. The summed E-state index contributed by atoms with van der Waals surface area (Å²) in [7, 11) is 3.46. The summed E-state index contributed by atoms with van der Waals surface area (Å²) in [4.78, 5) is 16.6. The zero-order chi connectivity index (χ0) is 21.6. The molecule has 1 N–H and O–H groups in total. The van der Waals surface area contributed by atoms with Crippen molar-refractivity contribution in [3.63, 3.8) is 0 Å². The second-order valence-electron chi connectivity index (χ2n) is 7.68. The normalized spacial score (nSPS) is 12.6. The molecule has 1 unspecified atom stereocenters. The molecule has 0 bridgehead atoms. The van der Waals surface area contributed by atoms with Gasteiger partial charge >= 0.3 is 0 Å². The Hall–Kier alpha value is -2.31. The molecule has 0 spiro atoms. The first-order chi connectivity index (χ1) is 13.7. The number of benzene rings is 2. The van der Waals surface area contributed by atoms with Gasteiger partial charge in [0.2, 0.25) is 0 Å². The maximum Gasteiger partial charge on any atom is 0.251 e. The van der Waals surface area contributed by atoms with Crippen LogP contribution in [0.15, 0.2) is 42.5 Å². The molecule has 4 nitrogen and oxygen atoms in total. The van der Waals surface area contributed by atoms with Gasteiger partial charge in [0.1, 0.15) is 11.6 Å². The van der Waals surface area contributed by atoms with Crippen LogP contribution in [0.5, 0.6) is 0 Å². The van der Waals surface area contributed by atoms with Crippen LogP contribution in [-0.2, 0) is 6.54 Å². The summed E-state index contributed by atoms with van der Waals surface area (Å²) in [6, 6.07) is 11.1. The second-order valence-corrected chi connectivity index (χ2v) is 7.68. The smallest absolute Gasteiger partial charge is 0.251 e. The van der Waals surface area contributed by atoms with E-state index in [1.54, 1.807) is 31.1 Å². The number of carbonyl (C=O) groups excluding carboxylic acids is 1. The number of hydrogen-bond donors (Lipinski definition) is 1. The molecule has 0 aliphatic carbocycles. The van der Waals surface area contributed by atoms with E-state index in [1.807, 2.05) is 12.1 Å². The van der Waals surface area contributed by atoms with Gasteiger partial charge in [-0.3, -0.25) is 9.69 Å². The van der Waals surface area contributed by atoms with Crippen molar-refractivity contribution in [2.75, 3.05) is 27.2 Å². The summed E-state index contributed by atoms with van der Waals surface area (Å²) < 4.78 is 28.3. The van der Waals surface area contributed by atoms with Crippen molar-refractivity contribution in [1.82, 2.24) is 15.1 Å². The fourth-order valence-electron chi connectivity index (χ4n) is 3.32. The van der Waals surface area contributed by atoms with Crippen molar-refractivity contribution >= 4 is 5.91 Å². The standard InChI is InChI=1S/C23H31F2N3O/c1-6-28(16(2)3)15-17-10-12-18(13-11-17)23(29)26-14-21(27(4)5)22-19(24)8-7-9-20(22)25/h7-13,16,21H,6,14-15H2,1-5H3,(H,26,29). The molecule has 0 heterocycles. The maximum atomic E-state index is 14.2. The molecular weight excluding hydrogens is 372 g/mol. The second kappa shape index (κ2) is 10.5. The van der Waals surface area contributed by atoms with Gasteiger partial charge in [-0.15, -0.1) is 0 Å². The van der Waals surface area contributed by atoms with Crippen molar-refractivity contribution < 1.29 is 13.6 Å².